The lowest BCUT2D eigenvalue weighted by Crippen LogP contribution is -2.19. The Hall–Kier alpha value is -3.08. The van der Waals surface area contributed by atoms with Crippen LogP contribution in [0, 0.1) is 13.8 Å². The van der Waals surface area contributed by atoms with Crippen LogP contribution in [0.15, 0.2) is 54.9 Å². The molecule has 0 radical (unpaired) electrons. The fourth-order valence-electron chi connectivity index (χ4n) is 2.83. The lowest BCUT2D eigenvalue weighted by atomic mass is 10.1. The third kappa shape index (κ3) is 3.71. The van der Waals surface area contributed by atoms with Gasteiger partial charge in [-0.3, -0.25) is 0 Å². The van der Waals surface area contributed by atoms with E-state index in [0.29, 0.717) is 17.4 Å². The SMILES string of the molecule is CCN(c1ccccc1)c1ncnc(Oc2cc(C)cc(C)c2)c1N. The molecule has 0 spiro atoms. The molecule has 5 nitrogen and oxygen atoms in total. The van der Waals surface area contributed by atoms with E-state index in [1.54, 1.807) is 0 Å². The second-order valence-electron chi connectivity index (χ2n) is 5.92. The molecule has 1 aromatic heterocycles. The van der Waals surface area contributed by atoms with Gasteiger partial charge in [-0.25, -0.2) is 4.98 Å². The Morgan fingerprint density at radius 3 is 2.32 bits per heavy atom. The summed E-state index contributed by atoms with van der Waals surface area (Å²) in [5.41, 5.74) is 10.0. The van der Waals surface area contributed by atoms with E-state index in [1.807, 2.05) is 61.2 Å². The molecule has 0 saturated carbocycles. The zero-order valence-electron chi connectivity index (χ0n) is 14.7. The number of anilines is 3. The van der Waals surface area contributed by atoms with Crippen molar-refractivity contribution in [3.05, 3.63) is 66.0 Å². The molecule has 128 valence electrons. The van der Waals surface area contributed by atoms with Crippen molar-refractivity contribution in [1.82, 2.24) is 9.97 Å². The summed E-state index contributed by atoms with van der Waals surface area (Å²) in [6, 6.07) is 16.0. The molecular weight excluding hydrogens is 312 g/mol. The van der Waals surface area contributed by atoms with Gasteiger partial charge in [0.1, 0.15) is 17.8 Å². The van der Waals surface area contributed by atoms with Crippen molar-refractivity contribution < 1.29 is 4.74 Å². The Morgan fingerprint density at radius 1 is 1.00 bits per heavy atom. The van der Waals surface area contributed by atoms with Gasteiger partial charge in [-0.2, -0.15) is 4.98 Å². The van der Waals surface area contributed by atoms with Crippen LogP contribution < -0.4 is 15.4 Å². The zero-order chi connectivity index (χ0) is 17.8. The summed E-state index contributed by atoms with van der Waals surface area (Å²) in [5, 5.41) is 0. The molecule has 3 aromatic rings. The third-order valence-corrected chi connectivity index (χ3v) is 3.88. The minimum atomic E-state index is 0.365. The first-order valence-corrected chi connectivity index (χ1v) is 8.27. The van der Waals surface area contributed by atoms with Crippen LogP contribution in [0.1, 0.15) is 18.1 Å². The zero-order valence-corrected chi connectivity index (χ0v) is 14.7. The number of aromatic nitrogens is 2. The highest BCUT2D eigenvalue weighted by atomic mass is 16.5. The molecule has 0 fully saturated rings. The van der Waals surface area contributed by atoms with Crippen LogP contribution >= 0.6 is 0 Å². The van der Waals surface area contributed by atoms with Crippen molar-refractivity contribution in [3.63, 3.8) is 0 Å². The largest absolute Gasteiger partial charge is 0.437 e. The first-order chi connectivity index (χ1) is 12.1. The highest BCUT2D eigenvalue weighted by molar-refractivity contribution is 5.74. The monoisotopic (exact) mass is 334 g/mol. The maximum absolute atomic E-state index is 6.33. The molecule has 0 amide bonds. The van der Waals surface area contributed by atoms with Crippen molar-refractivity contribution in [2.75, 3.05) is 17.2 Å². The maximum Gasteiger partial charge on any atom is 0.248 e. The Labute approximate surface area is 148 Å². The van der Waals surface area contributed by atoms with Crippen molar-refractivity contribution in [3.8, 4) is 11.6 Å². The lowest BCUT2D eigenvalue weighted by molar-refractivity contribution is 0.463. The second kappa shape index (κ2) is 7.21. The third-order valence-electron chi connectivity index (χ3n) is 3.88. The molecule has 1 heterocycles. The van der Waals surface area contributed by atoms with Gasteiger partial charge in [0.25, 0.3) is 0 Å². The minimum Gasteiger partial charge on any atom is -0.437 e. The Kier molecular flexibility index (Phi) is 4.84. The number of nitrogens with two attached hydrogens (primary N) is 1. The molecule has 2 aromatic carbocycles. The molecule has 25 heavy (non-hydrogen) atoms. The van der Waals surface area contributed by atoms with Crippen molar-refractivity contribution in [1.29, 1.82) is 0 Å². The molecule has 5 heteroatoms. The van der Waals surface area contributed by atoms with E-state index in [2.05, 4.69) is 23.0 Å². The van der Waals surface area contributed by atoms with Crippen LogP contribution in [-0.4, -0.2) is 16.5 Å². The fraction of sp³-hybridized carbons (Fsp3) is 0.200. The smallest absolute Gasteiger partial charge is 0.248 e. The molecule has 2 N–H and O–H groups in total. The summed E-state index contributed by atoms with van der Waals surface area (Å²) in [5.74, 6) is 1.73. The van der Waals surface area contributed by atoms with Crippen LogP contribution in [0.25, 0.3) is 0 Å². The van der Waals surface area contributed by atoms with Gasteiger partial charge in [-0.05, 0) is 56.2 Å². The highest BCUT2D eigenvalue weighted by Gasteiger charge is 2.17. The standard InChI is InChI=1S/C20H22N4O/c1-4-24(16-8-6-5-7-9-16)19-18(21)20(23-13-22-19)25-17-11-14(2)10-15(3)12-17/h5-13H,4,21H2,1-3H3. The number of benzene rings is 2. The van der Waals surface area contributed by atoms with E-state index in [0.717, 1.165) is 29.1 Å². The minimum absolute atomic E-state index is 0.365. The molecule has 0 bridgehead atoms. The van der Waals surface area contributed by atoms with Crippen molar-refractivity contribution >= 4 is 17.2 Å². The summed E-state index contributed by atoms with van der Waals surface area (Å²) < 4.78 is 5.94. The van der Waals surface area contributed by atoms with Crippen LogP contribution in [-0.2, 0) is 0 Å². The summed E-state index contributed by atoms with van der Waals surface area (Å²) in [4.78, 5) is 10.6. The predicted molar refractivity (Wildman–Crippen MR) is 102 cm³/mol. The molecule has 0 aliphatic heterocycles. The average molecular weight is 334 g/mol. The summed E-state index contributed by atoms with van der Waals surface area (Å²) in [6.45, 7) is 6.85. The van der Waals surface area contributed by atoms with Gasteiger partial charge in [0, 0.05) is 12.2 Å². The molecular formula is C20H22N4O. The number of rotatable bonds is 5. The number of aryl methyl sites for hydroxylation is 2. The van der Waals surface area contributed by atoms with Crippen LogP contribution in [0.5, 0.6) is 11.6 Å². The molecule has 3 rings (SSSR count). The molecule has 0 aliphatic carbocycles. The van der Waals surface area contributed by atoms with Gasteiger partial charge in [-0.1, -0.05) is 24.3 Å². The molecule has 0 unspecified atom stereocenters. The highest BCUT2D eigenvalue weighted by Crippen LogP contribution is 2.35. The van der Waals surface area contributed by atoms with Gasteiger partial charge in [-0.15, -0.1) is 0 Å². The van der Waals surface area contributed by atoms with Gasteiger partial charge in [0.2, 0.25) is 5.88 Å². The van der Waals surface area contributed by atoms with Gasteiger partial charge < -0.3 is 15.4 Å². The van der Waals surface area contributed by atoms with E-state index in [-0.39, 0.29) is 0 Å². The van der Waals surface area contributed by atoms with E-state index < -0.39 is 0 Å². The van der Waals surface area contributed by atoms with Gasteiger partial charge in [0.05, 0.1) is 0 Å². The Bertz CT molecular complexity index is 845. The van der Waals surface area contributed by atoms with E-state index in [1.165, 1.54) is 6.33 Å². The average Bonchev–Trinajstić information content (AvgIpc) is 2.59. The fourth-order valence-corrected chi connectivity index (χ4v) is 2.83. The summed E-state index contributed by atoms with van der Waals surface area (Å²) >= 11 is 0. The predicted octanol–water partition coefficient (Wildman–Crippen LogP) is 4.63. The number of nitrogen functional groups attached to an aromatic ring is 1. The van der Waals surface area contributed by atoms with Crippen molar-refractivity contribution in [2.24, 2.45) is 0 Å². The van der Waals surface area contributed by atoms with Crippen molar-refractivity contribution in [2.45, 2.75) is 20.8 Å². The van der Waals surface area contributed by atoms with E-state index in [9.17, 15) is 0 Å². The Balaban J connectivity index is 1.97. The van der Waals surface area contributed by atoms with E-state index >= 15 is 0 Å². The first kappa shape index (κ1) is 16.8. The quantitative estimate of drug-likeness (QED) is 0.737. The number of nitrogens with zero attached hydrogens (tertiary/aromatic N) is 3. The number of para-hydroxylation sites is 1. The topological polar surface area (TPSA) is 64.3 Å². The lowest BCUT2D eigenvalue weighted by Gasteiger charge is -2.23. The molecule has 0 atom stereocenters. The van der Waals surface area contributed by atoms with Gasteiger partial charge in [0.15, 0.2) is 5.82 Å². The number of hydrogen-bond donors (Lipinski definition) is 1. The molecule has 0 aliphatic rings. The van der Waals surface area contributed by atoms with Crippen LogP contribution in [0.4, 0.5) is 17.2 Å². The number of hydrogen-bond acceptors (Lipinski definition) is 5. The van der Waals surface area contributed by atoms with E-state index in [4.69, 9.17) is 10.5 Å². The number of ether oxygens (including phenoxy) is 1. The summed E-state index contributed by atoms with van der Waals surface area (Å²) in [7, 11) is 0. The first-order valence-electron chi connectivity index (χ1n) is 8.27. The second-order valence-corrected chi connectivity index (χ2v) is 5.92. The Morgan fingerprint density at radius 2 is 1.68 bits per heavy atom. The van der Waals surface area contributed by atoms with Crippen LogP contribution in [0.3, 0.4) is 0 Å². The summed E-state index contributed by atoms with van der Waals surface area (Å²) in [6.07, 6.45) is 1.48. The molecule has 0 saturated heterocycles. The van der Waals surface area contributed by atoms with Crippen LogP contribution in [0.2, 0.25) is 0 Å². The maximum atomic E-state index is 6.33. The normalized spacial score (nSPS) is 10.5. The van der Waals surface area contributed by atoms with Gasteiger partial charge >= 0.3 is 0 Å².